The van der Waals surface area contributed by atoms with E-state index >= 15 is 0 Å². The molecule has 0 unspecified atom stereocenters. The van der Waals surface area contributed by atoms with E-state index in [0.717, 1.165) is 0 Å². The first kappa shape index (κ1) is 15.2. The fourth-order valence-electron chi connectivity index (χ4n) is 1.95. The molecule has 0 radical (unpaired) electrons. The minimum absolute atomic E-state index is 0.0179. The molecule has 0 aliphatic heterocycles. The van der Waals surface area contributed by atoms with Crippen molar-refractivity contribution >= 4 is 27.4 Å². The van der Waals surface area contributed by atoms with Crippen LogP contribution in [-0.4, -0.2) is 17.8 Å². The second-order valence-corrected chi connectivity index (χ2v) is 5.19. The van der Waals surface area contributed by atoms with E-state index in [-0.39, 0.29) is 17.9 Å². The number of hydrogen-bond acceptors (Lipinski definition) is 4. The van der Waals surface area contributed by atoms with Crippen molar-refractivity contribution in [1.82, 2.24) is 0 Å². The summed E-state index contributed by atoms with van der Waals surface area (Å²) >= 11 is 3.31. The number of ether oxygens (including phenoxy) is 1. The van der Waals surface area contributed by atoms with E-state index in [0.29, 0.717) is 21.3 Å². The van der Waals surface area contributed by atoms with Gasteiger partial charge in [-0.2, -0.15) is 0 Å². The van der Waals surface area contributed by atoms with E-state index in [4.69, 9.17) is 4.74 Å². The van der Waals surface area contributed by atoms with E-state index in [2.05, 4.69) is 15.9 Å². The number of nitrogens with zero attached hydrogens (tertiary/aromatic N) is 1. The second kappa shape index (κ2) is 6.49. The Morgan fingerprint density at radius 2 is 2.00 bits per heavy atom. The topological polar surface area (TPSA) is 69.4 Å². The molecule has 108 valence electrons. The molecule has 0 atom stereocenters. The minimum Gasteiger partial charge on any atom is -0.496 e. The van der Waals surface area contributed by atoms with Gasteiger partial charge in [-0.15, -0.1) is 0 Å². The molecule has 0 saturated heterocycles. The van der Waals surface area contributed by atoms with Gasteiger partial charge in [-0.05, 0) is 34.1 Å². The van der Waals surface area contributed by atoms with Crippen molar-refractivity contribution in [2.24, 2.45) is 0 Å². The van der Waals surface area contributed by atoms with Gasteiger partial charge in [-0.1, -0.05) is 18.2 Å². The lowest BCUT2D eigenvalue weighted by Gasteiger charge is -2.06. The summed E-state index contributed by atoms with van der Waals surface area (Å²) in [5.74, 6) is 0.435. The van der Waals surface area contributed by atoms with Crippen molar-refractivity contribution in [3.63, 3.8) is 0 Å². The summed E-state index contributed by atoms with van der Waals surface area (Å²) in [6.45, 7) is 0. The maximum absolute atomic E-state index is 12.3. The summed E-state index contributed by atoms with van der Waals surface area (Å²) < 4.78 is 5.77. The first-order valence-electron chi connectivity index (χ1n) is 6.12. The second-order valence-electron chi connectivity index (χ2n) is 4.34. The Hall–Kier alpha value is -2.21. The average Bonchev–Trinajstić information content (AvgIpc) is 2.47. The van der Waals surface area contributed by atoms with Crippen molar-refractivity contribution in [1.29, 1.82) is 0 Å². The Kier molecular flexibility index (Phi) is 4.70. The quantitative estimate of drug-likeness (QED) is 0.467. The predicted molar refractivity (Wildman–Crippen MR) is 81.8 cm³/mol. The van der Waals surface area contributed by atoms with Gasteiger partial charge in [0, 0.05) is 23.6 Å². The Balaban J connectivity index is 2.26. The smallest absolute Gasteiger partial charge is 0.273 e. The highest BCUT2D eigenvalue weighted by Gasteiger charge is 2.17. The zero-order chi connectivity index (χ0) is 15.4. The van der Waals surface area contributed by atoms with Crippen molar-refractivity contribution < 1.29 is 14.5 Å². The molecule has 5 nitrogen and oxygen atoms in total. The van der Waals surface area contributed by atoms with Gasteiger partial charge >= 0.3 is 0 Å². The molecule has 6 heteroatoms. The third kappa shape index (κ3) is 3.46. The van der Waals surface area contributed by atoms with Crippen LogP contribution in [0.5, 0.6) is 5.75 Å². The first-order chi connectivity index (χ1) is 10.0. The van der Waals surface area contributed by atoms with E-state index in [9.17, 15) is 14.9 Å². The standard InChI is InChI=1S/C15H12BrNO4/c1-21-15-7-6-11(8-12(15)16)14(18)9-10-4-2-3-5-13(10)17(19)20/h2-8H,9H2,1H3. The highest BCUT2D eigenvalue weighted by atomic mass is 79.9. The number of para-hydroxylation sites is 1. The lowest BCUT2D eigenvalue weighted by atomic mass is 10.0. The molecule has 0 spiro atoms. The number of halogens is 1. The summed E-state index contributed by atoms with van der Waals surface area (Å²) in [6, 6.07) is 11.2. The largest absolute Gasteiger partial charge is 0.496 e. The molecule has 2 aromatic carbocycles. The third-order valence-electron chi connectivity index (χ3n) is 3.01. The molecule has 0 amide bonds. The van der Waals surface area contributed by atoms with E-state index in [1.54, 1.807) is 36.4 Å². The van der Waals surface area contributed by atoms with Crippen LogP contribution in [0.15, 0.2) is 46.9 Å². The average molecular weight is 350 g/mol. The number of ketones is 1. The van der Waals surface area contributed by atoms with Gasteiger partial charge in [0.25, 0.3) is 5.69 Å². The van der Waals surface area contributed by atoms with Crippen LogP contribution in [-0.2, 0) is 6.42 Å². The van der Waals surface area contributed by atoms with Gasteiger partial charge in [-0.3, -0.25) is 14.9 Å². The van der Waals surface area contributed by atoms with Crippen molar-refractivity contribution in [3.8, 4) is 5.75 Å². The van der Waals surface area contributed by atoms with Crippen LogP contribution < -0.4 is 4.74 Å². The number of Topliss-reactive ketones (excluding diaryl/α,β-unsaturated/α-hetero) is 1. The number of nitro groups is 1. The van der Waals surface area contributed by atoms with Gasteiger partial charge in [0.05, 0.1) is 16.5 Å². The van der Waals surface area contributed by atoms with Crippen molar-refractivity contribution in [2.75, 3.05) is 7.11 Å². The highest BCUT2D eigenvalue weighted by Crippen LogP contribution is 2.27. The number of methoxy groups -OCH3 is 1. The van der Waals surface area contributed by atoms with E-state index < -0.39 is 4.92 Å². The maximum Gasteiger partial charge on any atom is 0.273 e. The van der Waals surface area contributed by atoms with Crippen LogP contribution in [0.4, 0.5) is 5.69 Å². The highest BCUT2D eigenvalue weighted by molar-refractivity contribution is 9.10. The maximum atomic E-state index is 12.3. The fourth-order valence-corrected chi connectivity index (χ4v) is 2.49. The fraction of sp³-hybridized carbons (Fsp3) is 0.133. The van der Waals surface area contributed by atoms with Gasteiger partial charge in [0.1, 0.15) is 5.75 Å². The number of carbonyl (C=O) groups is 1. The monoisotopic (exact) mass is 349 g/mol. The van der Waals surface area contributed by atoms with E-state index in [1.165, 1.54) is 13.2 Å². The number of hydrogen-bond donors (Lipinski definition) is 0. The third-order valence-corrected chi connectivity index (χ3v) is 3.63. The lowest BCUT2D eigenvalue weighted by Crippen LogP contribution is -2.06. The summed E-state index contributed by atoms with van der Waals surface area (Å²) in [5, 5.41) is 10.9. The molecule has 2 aromatic rings. The first-order valence-corrected chi connectivity index (χ1v) is 6.91. The summed E-state index contributed by atoms with van der Waals surface area (Å²) in [4.78, 5) is 22.7. The summed E-state index contributed by atoms with van der Waals surface area (Å²) in [6.07, 6.45) is -0.0179. The predicted octanol–water partition coefficient (Wildman–Crippen LogP) is 3.79. The SMILES string of the molecule is COc1ccc(C(=O)Cc2ccccc2[N+](=O)[O-])cc1Br. The normalized spacial score (nSPS) is 10.2. The number of nitro benzene ring substituents is 1. The molecule has 0 N–H and O–H groups in total. The van der Waals surface area contributed by atoms with Crippen LogP contribution in [0.3, 0.4) is 0 Å². The van der Waals surface area contributed by atoms with Gasteiger partial charge in [-0.25, -0.2) is 0 Å². The zero-order valence-corrected chi connectivity index (χ0v) is 12.8. The molecule has 21 heavy (non-hydrogen) atoms. The Morgan fingerprint density at radius 3 is 2.62 bits per heavy atom. The van der Waals surface area contributed by atoms with Crippen LogP contribution >= 0.6 is 15.9 Å². The lowest BCUT2D eigenvalue weighted by molar-refractivity contribution is -0.385. The molecule has 2 rings (SSSR count). The van der Waals surface area contributed by atoms with Gasteiger partial charge in [0.15, 0.2) is 5.78 Å². The molecule has 0 saturated carbocycles. The minimum atomic E-state index is -0.480. The van der Waals surface area contributed by atoms with Crippen LogP contribution in [0, 0.1) is 10.1 Å². The molecule has 0 heterocycles. The Morgan fingerprint density at radius 1 is 1.29 bits per heavy atom. The number of rotatable bonds is 5. The van der Waals surface area contributed by atoms with Crippen LogP contribution in [0.2, 0.25) is 0 Å². The van der Waals surface area contributed by atoms with Crippen molar-refractivity contribution in [2.45, 2.75) is 6.42 Å². The molecule has 0 fully saturated rings. The molecular formula is C15H12BrNO4. The number of benzene rings is 2. The van der Waals surface area contributed by atoms with E-state index in [1.807, 2.05) is 0 Å². The van der Waals surface area contributed by atoms with Gasteiger partial charge in [0.2, 0.25) is 0 Å². The summed E-state index contributed by atoms with van der Waals surface area (Å²) in [5.41, 5.74) is 0.832. The molecular weight excluding hydrogens is 338 g/mol. The molecule has 0 aliphatic carbocycles. The van der Waals surface area contributed by atoms with Crippen molar-refractivity contribution in [3.05, 3.63) is 68.2 Å². The number of carbonyl (C=O) groups excluding carboxylic acids is 1. The van der Waals surface area contributed by atoms with Crippen LogP contribution in [0.1, 0.15) is 15.9 Å². The Bertz CT molecular complexity index is 700. The molecule has 0 aliphatic rings. The molecule has 0 aromatic heterocycles. The van der Waals surface area contributed by atoms with Gasteiger partial charge < -0.3 is 4.74 Å². The molecule has 0 bridgehead atoms. The zero-order valence-electron chi connectivity index (χ0n) is 11.2. The van der Waals surface area contributed by atoms with Crippen LogP contribution in [0.25, 0.3) is 0 Å². The Labute approximate surface area is 129 Å². The summed E-state index contributed by atoms with van der Waals surface area (Å²) in [7, 11) is 1.54.